The van der Waals surface area contributed by atoms with E-state index in [0.717, 1.165) is 11.3 Å². The number of aromatic nitrogens is 2. The van der Waals surface area contributed by atoms with Gasteiger partial charge in [-0.15, -0.1) is 0 Å². The molecule has 0 radical (unpaired) electrons. The maximum atomic E-state index is 14.1. The SMILES string of the molecule is COc1ccc(C(CNC(=O)c2cc(C)n(-c3ccccc3F)n2)N(C)C)cc1. The number of carbonyl (C=O) groups is 1. The van der Waals surface area contributed by atoms with E-state index in [1.807, 2.05) is 43.3 Å². The molecule has 0 aliphatic heterocycles. The molecule has 152 valence electrons. The number of carbonyl (C=O) groups excluding carboxylic acids is 1. The monoisotopic (exact) mass is 396 g/mol. The number of ether oxygens (including phenoxy) is 1. The first-order valence-corrected chi connectivity index (χ1v) is 9.31. The van der Waals surface area contributed by atoms with Crippen LogP contribution in [0.1, 0.15) is 27.8 Å². The molecule has 0 aliphatic carbocycles. The average molecular weight is 396 g/mol. The van der Waals surface area contributed by atoms with Gasteiger partial charge in [-0.3, -0.25) is 4.79 Å². The van der Waals surface area contributed by atoms with Crippen LogP contribution in [0.25, 0.3) is 5.69 Å². The van der Waals surface area contributed by atoms with Gasteiger partial charge in [-0.25, -0.2) is 9.07 Å². The van der Waals surface area contributed by atoms with Crippen molar-refractivity contribution in [2.45, 2.75) is 13.0 Å². The lowest BCUT2D eigenvalue weighted by Gasteiger charge is -2.25. The summed E-state index contributed by atoms with van der Waals surface area (Å²) in [5, 5.41) is 7.23. The van der Waals surface area contributed by atoms with Gasteiger partial charge < -0.3 is 15.0 Å². The van der Waals surface area contributed by atoms with Crippen molar-refractivity contribution >= 4 is 5.91 Å². The van der Waals surface area contributed by atoms with E-state index in [1.54, 1.807) is 38.3 Å². The second kappa shape index (κ2) is 8.87. The van der Waals surface area contributed by atoms with E-state index in [0.29, 0.717) is 17.9 Å². The summed E-state index contributed by atoms with van der Waals surface area (Å²) in [4.78, 5) is 14.7. The molecule has 1 unspecified atom stereocenters. The largest absolute Gasteiger partial charge is 0.497 e. The maximum absolute atomic E-state index is 14.1. The standard InChI is InChI=1S/C22H25FN4O2/c1-15-13-19(25-27(15)20-8-6-5-7-18(20)23)22(28)24-14-21(26(2)3)16-9-11-17(29-4)12-10-16/h5-13,21H,14H2,1-4H3,(H,24,28). The molecular weight excluding hydrogens is 371 g/mol. The predicted molar refractivity (Wildman–Crippen MR) is 110 cm³/mol. The van der Waals surface area contributed by atoms with Gasteiger partial charge in [0.2, 0.25) is 0 Å². The van der Waals surface area contributed by atoms with Crippen LogP contribution in [-0.4, -0.2) is 48.3 Å². The Kier molecular flexibility index (Phi) is 6.29. The topological polar surface area (TPSA) is 59.4 Å². The minimum absolute atomic E-state index is 0.0143. The van der Waals surface area contributed by atoms with Crippen LogP contribution >= 0.6 is 0 Å². The second-order valence-corrected chi connectivity index (χ2v) is 7.00. The zero-order chi connectivity index (χ0) is 21.0. The molecule has 0 aliphatic rings. The molecule has 1 heterocycles. The summed E-state index contributed by atoms with van der Waals surface area (Å²) in [5.74, 6) is 0.0887. The quantitative estimate of drug-likeness (QED) is 0.665. The van der Waals surface area contributed by atoms with Gasteiger partial charge in [0, 0.05) is 12.2 Å². The number of likely N-dealkylation sites (N-methyl/N-ethyl adjacent to an activating group) is 1. The summed E-state index contributed by atoms with van der Waals surface area (Å²) in [6, 6.07) is 15.7. The summed E-state index contributed by atoms with van der Waals surface area (Å²) >= 11 is 0. The third kappa shape index (κ3) is 4.63. The normalized spacial score (nSPS) is 12.1. The molecule has 2 aromatic carbocycles. The van der Waals surface area contributed by atoms with E-state index in [9.17, 15) is 9.18 Å². The van der Waals surface area contributed by atoms with Crippen molar-refractivity contribution in [3.05, 3.63) is 77.4 Å². The highest BCUT2D eigenvalue weighted by atomic mass is 19.1. The maximum Gasteiger partial charge on any atom is 0.271 e. The Morgan fingerprint density at radius 1 is 1.21 bits per heavy atom. The lowest BCUT2D eigenvalue weighted by molar-refractivity contribution is 0.0936. The molecule has 1 N–H and O–H groups in total. The average Bonchev–Trinajstić information content (AvgIpc) is 3.10. The Morgan fingerprint density at radius 2 is 1.90 bits per heavy atom. The molecule has 0 spiro atoms. The number of amides is 1. The number of benzene rings is 2. The van der Waals surface area contributed by atoms with Crippen LogP contribution in [0.4, 0.5) is 4.39 Å². The molecule has 0 saturated carbocycles. The summed E-state index contributed by atoms with van der Waals surface area (Å²) < 4.78 is 20.7. The third-order valence-electron chi connectivity index (χ3n) is 4.78. The molecule has 6 nitrogen and oxygen atoms in total. The molecule has 1 aromatic heterocycles. The Balaban J connectivity index is 1.74. The number of nitrogens with one attached hydrogen (secondary N) is 1. The lowest BCUT2D eigenvalue weighted by Crippen LogP contribution is -2.34. The third-order valence-corrected chi connectivity index (χ3v) is 4.78. The van der Waals surface area contributed by atoms with Crippen LogP contribution in [0.5, 0.6) is 5.75 Å². The van der Waals surface area contributed by atoms with Crippen molar-refractivity contribution in [1.82, 2.24) is 20.0 Å². The number of nitrogens with zero attached hydrogens (tertiary/aromatic N) is 3. The molecule has 0 saturated heterocycles. The van der Waals surface area contributed by atoms with E-state index in [-0.39, 0.29) is 17.6 Å². The Hall–Kier alpha value is -3.19. The molecule has 3 aromatic rings. The van der Waals surface area contributed by atoms with Crippen molar-refractivity contribution in [2.75, 3.05) is 27.7 Å². The van der Waals surface area contributed by atoms with E-state index in [4.69, 9.17) is 4.74 Å². The second-order valence-electron chi connectivity index (χ2n) is 7.00. The number of hydrogen-bond acceptors (Lipinski definition) is 4. The van der Waals surface area contributed by atoms with Crippen LogP contribution in [0.3, 0.4) is 0 Å². The number of para-hydroxylation sites is 1. The van der Waals surface area contributed by atoms with E-state index < -0.39 is 5.82 Å². The number of aryl methyl sites for hydroxylation is 1. The number of methoxy groups -OCH3 is 1. The fourth-order valence-corrected chi connectivity index (χ4v) is 3.16. The van der Waals surface area contributed by atoms with E-state index in [1.165, 1.54) is 10.7 Å². The van der Waals surface area contributed by atoms with Crippen LogP contribution in [0.15, 0.2) is 54.6 Å². The molecule has 1 atom stereocenters. The number of halogens is 1. The molecule has 1 amide bonds. The molecular formula is C22H25FN4O2. The van der Waals surface area contributed by atoms with Crippen LogP contribution in [0.2, 0.25) is 0 Å². The first-order chi connectivity index (χ1) is 13.9. The number of hydrogen-bond donors (Lipinski definition) is 1. The molecule has 0 fully saturated rings. The van der Waals surface area contributed by atoms with Gasteiger partial charge in [-0.05, 0) is 56.9 Å². The minimum atomic E-state index is -0.391. The van der Waals surface area contributed by atoms with Crippen molar-refractivity contribution in [3.8, 4) is 11.4 Å². The zero-order valence-electron chi connectivity index (χ0n) is 17.0. The van der Waals surface area contributed by atoms with Gasteiger partial charge in [0.1, 0.15) is 17.3 Å². The van der Waals surface area contributed by atoms with Gasteiger partial charge in [0.15, 0.2) is 5.69 Å². The fourth-order valence-electron chi connectivity index (χ4n) is 3.16. The van der Waals surface area contributed by atoms with E-state index in [2.05, 4.69) is 10.4 Å². The first-order valence-electron chi connectivity index (χ1n) is 9.31. The zero-order valence-corrected chi connectivity index (χ0v) is 17.0. The van der Waals surface area contributed by atoms with Crippen molar-refractivity contribution in [3.63, 3.8) is 0 Å². The van der Waals surface area contributed by atoms with E-state index >= 15 is 0 Å². The number of rotatable bonds is 7. The Morgan fingerprint density at radius 3 is 2.52 bits per heavy atom. The van der Waals surface area contributed by atoms with Gasteiger partial charge in [0.05, 0.1) is 13.2 Å². The first kappa shape index (κ1) is 20.5. The summed E-state index contributed by atoms with van der Waals surface area (Å²) in [6.07, 6.45) is 0. The van der Waals surface area contributed by atoms with Crippen LogP contribution in [-0.2, 0) is 0 Å². The van der Waals surface area contributed by atoms with Gasteiger partial charge in [-0.1, -0.05) is 24.3 Å². The predicted octanol–water partition coefficient (Wildman–Crippen LogP) is 3.36. The highest BCUT2D eigenvalue weighted by Crippen LogP contribution is 2.21. The smallest absolute Gasteiger partial charge is 0.271 e. The summed E-state index contributed by atoms with van der Waals surface area (Å²) in [7, 11) is 5.54. The van der Waals surface area contributed by atoms with Crippen molar-refractivity contribution in [1.29, 1.82) is 0 Å². The lowest BCUT2D eigenvalue weighted by atomic mass is 10.1. The minimum Gasteiger partial charge on any atom is -0.497 e. The molecule has 29 heavy (non-hydrogen) atoms. The Bertz CT molecular complexity index is 983. The van der Waals surface area contributed by atoms with Crippen LogP contribution in [0, 0.1) is 12.7 Å². The van der Waals surface area contributed by atoms with Gasteiger partial charge in [-0.2, -0.15) is 5.10 Å². The molecule has 7 heteroatoms. The van der Waals surface area contributed by atoms with Crippen LogP contribution < -0.4 is 10.1 Å². The van der Waals surface area contributed by atoms with Gasteiger partial charge in [0.25, 0.3) is 5.91 Å². The molecule has 3 rings (SSSR count). The summed E-state index contributed by atoms with van der Waals surface area (Å²) in [5.41, 5.74) is 2.30. The highest BCUT2D eigenvalue weighted by Gasteiger charge is 2.19. The highest BCUT2D eigenvalue weighted by molar-refractivity contribution is 5.92. The fraction of sp³-hybridized carbons (Fsp3) is 0.273. The van der Waals surface area contributed by atoms with Crippen molar-refractivity contribution < 1.29 is 13.9 Å². The Labute approximate surface area is 169 Å². The molecule has 0 bridgehead atoms. The van der Waals surface area contributed by atoms with Gasteiger partial charge >= 0.3 is 0 Å². The summed E-state index contributed by atoms with van der Waals surface area (Å²) in [6.45, 7) is 2.19. The van der Waals surface area contributed by atoms with Crippen molar-refractivity contribution in [2.24, 2.45) is 0 Å².